The second-order valence-corrected chi connectivity index (χ2v) is 7.50. The summed E-state index contributed by atoms with van der Waals surface area (Å²) in [5, 5.41) is 3.91. The third-order valence-corrected chi connectivity index (χ3v) is 5.29. The lowest BCUT2D eigenvalue weighted by molar-refractivity contribution is 0.562. The van der Waals surface area contributed by atoms with Crippen molar-refractivity contribution >= 4 is 44.4 Å². The van der Waals surface area contributed by atoms with Crippen LogP contribution in [-0.2, 0) is 9.84 Å². The molecule has 0 bridgehead atoms. The predicted octanol–water partition coefficient (Wildman–Crippen LogP) is 2.56. The maximum Gasteiger partial charge on any atom is 0.152 e. The van der Waals surface area contributed by atoms with Crippen molar-refractivity contribution in [3.63, 3.8) is 0 Å². The monoisotopic (exact) mass is 308 g/mol. The molecule has 0 aliphatic carbocycles. The van der Waals surface area contributed by atoms with Gasteiger partial charge in [0, 0.05) is 11.7 Å². The maximum atomic E-state index is 11.5. The molecule has 0 aromatic heterocycles. The Morgan fingerprint density at radius 3 is 2.44 bits per heavy atom. The molecule has 2 rings (SSSR count). The van der Waals surface area contributed by atoms with E-state index >= 15 is 0 Å². The zero-order valence-electron chi connectivity index (χ0n) is 9.62. The lowest BCUT2D eigenvalue weighted by atomic mass is 10.1. The fraction of sp³-hybridized carbons (Fsp3) is 0.455. The number of nitrogen functional groups attached to an aromatic ring is 1. The van der Waals surface area contributed by atoms with Gasteiger partial charge >= 0.3 is 0 Å². The van der Waals surface area contributed by atoms with E-state index in [1.807, 2.05) is 0 Å². The Morgan fingerprint density at radius 1 is 1.28 bits per heavy atom. The summed E-state index contributed by atoms with van der Waals surface area (Å²) in [5.41, 5.74) is 6.64. The molecule has 1 unspecified atom stereocenters. The molecule has 7 heteroatoms. The van der Waals surface area contributed by atoms with E-state index in [2.05, 4.69) is 5.32 Å². The number of anilines is 2. The first-order valence-corrected chi connectivity index (χ1v) is 8.16. The highest BCUT2D eigenvalue weighted by Gasteiger charge is 2.25. The Kier molecular flexibility index (Phi) is 3.94. The van der Waals surface area contributed by atoms with Gasteiger partial charge in [0.1, 0.15) is 0 Å². The van der Waals surface area contributed by atoms with Crippen molar-refractivity contribution in [2.24, 2.45) is 0 Å². The highest BCUT2D eigenvalue weighted by Crippen LogP contribution is 2.34. The summed E-state index contributed by atoms with van der Waals surface area (Å²) < 4.78 is 23.1. The lowest BCUT2D eigenvalue weighted by Crippen LogP contribution is -2.35. The van der Waals surface area contributed by atoms with Gasteiger partial charge in [-0.1, -0.05) is 23.2 Å². The fourth-order valence-electron chi connectivity index (χ4n) is 2.07. The van der Waals surface area contributed by atoms with E-state index in [9.17, 15) is 8.42 Å². The summed E-state index contributed by atoms with van der Waals surface area (Å²) in [5.74, 6) is 0.373. The van der Waals surface area contributed by atoms with E-state index in [-0.39, 0.29) is 17.5 Å². The number of halogens is 2. The van der Waals surface area contributed by atoms with Crippen molar-refractivity contribution in [1.29, 1.82) is 0 Å². The quantitative estimate of drug-likeness (QED) is 0.824. The highest BCUT2D eigenvalue weighted by molar-refractivity contribution is 7.91. The molecular formula is C11H14Cl2N2O2S. The largest absolute Gasteiger partial charge is 0.399 e. The van der Waals surface area contributed by atoms with Crippen molar-refractivity contribution in [1.82, 2.24) is 0 Å². The minimum atomic E-state index is -2.96. The Morgan fingerprint density at radius 2 is 1.89 bits per heavy atom. The van der Waals surface area contributed by atoms with Gasteiger partial charge in [0.25, 0.3) is 0 Å². The van der Waals surface area contributed by atoms with Gasteiger partial charge in [-0.05, 0) is 25.0 Å². The van der Waals surface area contributed by atoms with Gasteiger partial charge in [-0.2, -0.15) is 0 Å². The Bertz CT molecular complexity index is 537. The third kappa shape index (κ3) is 3.22. The van der Waals surface area contributed by atoms with Crippen LogP contribution in [0, 0.1) is 0 Å². The molecule has 100 valence electrons. The second-order valence-electron chi connectivity index (χ2n) is 4.46. The SMILES string of the molecule is Nc1cc(Cl)c(NC2CCCS(=O)(=O)C2)c(Cl)c1. The third-order valence-electron chi connectivity index (χ3n) is 2.88. The summed E-state index contributed by atoms with van der Waals surface area (Å²) in [6.45, 7) is 0. The molecule has 18 heavy (non-hydrogen) atoms. The normalized spacial score (nSPS) is 22.7. The smallest absolute Gasteiger partial charge is 0.152 e. The van der Waals surface area contributed by atoms with Crippen LogP contribution in [-0.4, -0.2) is 26.0 Å². The number of hydrogen-bond donors (Lipinski definition) is 2. The van der Waals surface area contributed by atoms with Gasteiger partial charge in [-0.15, -0.1) is 0 Å². The molecule has 1 fully saturated rings. The number of sulfone groups is 1. The average Bonchev–Trinajstić information content (AvgIpc) is 2.22. The Balaban J connectivity index is 2.19. The van der Waals surface area contributed by atoms with E-state index in [4.69, 9.17) is 28.9 Å². The standard InChI is InChI=1S/C11H14Cl2N2O2S/c12-9-4-7(14)5-10(13)11(9)15-8-2-1-3-18(16,17)6-8/h4-5,8,15H,1-3,6,14H2. The molecule has 1 aromatic rings. The van der Waals surface area contributed by atoms with Gasteiger partial charge in [0.15, 0.2) is 9.84 Å². The number of nitrogens with one attached hydrogen (secondary N) is 1. The van der Waals surface area contributed by atoms with Crippen molar-refractivity contribution < 1.29 is 8.42 Å². The van der Waals surface area contributed by atoms with Gasteiger partial charge in [-0.25, -0.2) is 8.42 Å². The minimum absolute atomic E-state index is 0.115. The summed E-state index contributed by atoms with van der Waals surface area (Å²) in [6.07, 6.45) is 1.44. The number of rotatable bonds is 2. The topological polar surface area (TPSA) is 72.2 Å². The van der Waals surface area contributed by atoms with E-state index in [0.717, 1.165) is 6.42 Å². The molecule has 1 saturated heterocycles. The molecule has 0 radical (unpaired) electrons. The molecule has 0 amide bonds. The lowest BCUT2D eigenvalue weighted by Gasteiger charge is -2.25. The van der Waals surface area contributed by atoms with Gasteiger partial charge in [-0.3, -0.25) is 0 Å². The van der Waals surface area contributed by atoms with Crippen LogP contribution < -0.4 is 11.1 Å². The molecule has 0 spiro atoms. The molecule has 1 atom stereocenters. The summed E-state index contributed by atoms with van der Waals surface area (Å²) >= 11 is 12.1. The highest BCUT2D eigenvalue weighted by atomic mass is 35.5. The first-order chi connectivity index (χ1) is 8.37. The van der Waals surface area contributed by atoms with Crippen LogP contribution in [0.2, 0.25) is 10.0 Å². The molecule has 4 nitrogen and oxygen atoms in total. The Labute approximate surface area is 116 Å². The Hall–Kier alpha value is -0.650. The maximum absolute atomic E-state index is 11.5. The van der Waals surface area contributed by atoms with E-state index in [1.54, 1.807) is 12.1 Å². The zero-order chi connectivity index (χ0) is 13.3. The summed E-state index contributed by atoms with van der Waals surface area (Å²) in [6, 6.07) is 3.03. The molecule has 1 aliphatic heterocycles. The molecule has 1 heterocycles. The molecule has 0 saturated carbocycles. The van der Waals surface area contributed by atoms with Crippen LogP contribution in [0.1, 0.15) is 12.8 Å². The van der Waals surface area contributed by atoms with Crippen LogP contribution in [0.5, 0.6) is 0 Å². The van der Waals surface area contributed by atoms with E-state index in [1.165, 1.54) is 0 Å². The van der Waals surface area contributed by atoms with E-state index < -0.39 is 9.84 Å². The van der Waals surface area contributed by atoms with Crippen molar-refractivity contribution in [2.75, 3.05) is 22.6 Å². The van der Waals surface area contributed by atoms with Crippen LogP contribution in [0.4, 0.5) is 11.4 Å². The first kappa shape index (κ1) is 13.8. The van der Waals surface area contributed by atoms with Gasteiger partial charge in [0.05, 0.1) is 27.2 Å². The average molecular weight is 309 g/mol. The van der Waals surface area contributed by atoms with Crippen molar-refractivity contribution in [3.05, 3.63) is 22.2 Å². The fourth-order valence-corrected chi connectivity index (χ4v) is 4.32. The molecule has 1 aromatic carbocycles. The van der Waals surface area contributed by atoms with E-state index in [0.29, 0.717) is 27.8 Å². The predicted molar refractivity (Wildman–Crippen MR) is 76.2 cm³/mol. The first-order valence-electron chi connectivity index (χ1n) is 5.59. The number of benzene rings is 1. The number of hydrogen-bond acceptors (Lipinski definition) is 4. The zero-order valence-corrected chi connectivity index (χ0v) is 11.9. The van der Waals surface area contributed by atoms with Crippen LogP contribution in [0.25, 0.3) is 0 Å². The van der Waals surface area contributed by atoms with Crippen LogP contribution in [0.15, 0.2) is 12.1 Å². The minimum Gasteiger partial charge on any atom is -0.399 e. The summed E-state index contributed by atoms with van der Waals surface area (Å²) in [4.78, 5) is 0. The second kappa shape index (κ2) is 5.15. The number of nitrogens with two attached hydrogens (primary N) is 1. The molecule has 1 aliphatic rings. The molecule has 3 N–H and O–H groups in total. The van der Waals surface area contributed by atoms with Crippen LogP contribution in [0.3, 0.4) is 0 Å². The molecular weight excluding hydrogens is 295 g/mol. The van der Waals surface area contributed by atoms with Crippen LogP contribution >= 0.6 is 23.2 Å². The van der Waals surface area contributed by atoms with Crippen molar-refractivity contribution in [2.45, 2.75) is 18.9 Å². The summed E-state index contributed by atoms with van der Waals surface area (Å²) in [7, 11) is -2.96. The van der Waals surface area contributed by atoms with Crippen molar-refractivity contribution in [3.8, 4) is 0 Å². The van der Waals surface area contributed by atoms with Gasteiger partial charge in [0.2, 0.25) is 0 Å². The van der Waals surface area contributed by atoms with Gasteiger partial charge < -0.3 is 11.1 Å².